The quantitative estimate of drug-likeness (QED) is 0.808. The highest BCUT2D eigenvalue weighted by Gasteiger charge is 2.46. The van der Waals surface area contributed by atoms with E-state index < -0.39 is 0 Å². The van der Waals surface area contributed by atoms with Crippen molar-refractivity contribution >= 4 is 23.2 Å². The van der Waals surface area contributed by atoms with Crippen LogP contribution in [0.2, 0.25) is 0 Å². The topological polar surface area (TPSA) is 40.6 Å². The molecule has 2 aliphatic rings. The summed E-state index contributed by atoms with van der Waals surface area (Å²) in [7, 11) is 3.65. The van der Waals surface area contributed by atoms with E-state index in [1.54, 1.807) is 4.90 Å². The number of amides is 2. The molecule has 1 spiro atoms. The van der Waals surface area contributed by atoms with Crippen molar-refractivity contribution in [2.24, 2.45) is 0 Å². The fourth-order valence-electron chi connectivity index (χ4n) is 4.77. The van der Waals surface area contributed by atoms with E-state index in [0.29, 0.717) is 6.42 Å². The third kappa shape index (κ3) is 3.29. The summed E-state index contributed by atoms with van der Waals surface area (Å²) in [6.45, 7) is 1.58. The van der Waals surface area contributed by atoms with Gasteiger partial charge in [0.1, 0.15) is 0 Å². The van der Waals surface area contributed by atoms with Crippen molar-refractivity contribution < 1.29 is 9.59 Å². The molecule has 2 aromatic rings. The molecule has 1 atom stereocenters. The van der Waals surface area contributed by atoms with Gasteiger partial charge >= 0.3 is 0 Å². The molecule has 4 rings (SSSR count). The number of fused-ring (bicyclic) bond motifs is 2. The van der Waals surface area contributed by atoms with Gasteiger partial charge in [0.05, 0.1) is 4.88 Å². The molecule has 5 heteroatoms. The zero-order chi connectivity index (χ0) is 19.0. The van der Waals surface area contributed by atoms with Crippen LogP contribution in [0.15, 0.2) is 41.8 Å². The molecule has 0 radical (unpaired) electrons. The Bertz CT molecular complexity index is 836. The number of piperidine rings is 1. The number of hydrogen-bond acceptors (Lipinski definition) is 3. The Morgan fingerprint density at radius 3 is 2.56 bits per heavy atom. The lowest BCUT2D eigenvalue weighted by Gasteiger charge is -2.40. The van der Waals surface area contributed by atoms with E-state index in [1.165, 1.54) is 22.5 Å². The first-order chi connectivity index (χ1) is 13.0. The molecule has 1 aromatic heterocycles. The van der Waals surface area contributed by atoms with Crippen molar-refractivity contribution in [1.82, 2.24) is 9.80 Å². The lowest BCUT2D eigenvalue weighted by molar-refractivity contribution is -0.129. The molecule has 142 valence electrons. The van der Waals surface area contributed by atoms with Crippen molar-refractivity contribution in [2.75, 3.05) is 27.2 Å². The minimum atomic E-state index is 0.111. The first-order valence-electron chi connectivity index (χ1n) is 9.62. The van der Waals surface area contributed by atoms with E-state index in [-0.39, 0.29) is 23.1 Å². The van der Waals surface area contributed by atoms with Gasteiger partial charge in [0.2, 0.25) is 5.91 Å². The van der Waals surface area contributed by atoms with Crippen LogP contribution in [0.1, 0.15) is 52.4 Å². The zero-order valence-corrected chi connectivity index (χ0v) is 16.8. The second kappa shape index (κ2) is 7.12. The molecule has 1 saturated heterocycles. The highest BCUT2D eigenvalue weighted by molar-refractivity contribution is 7.12. The number of hydrogen-bond donors (Lipinski definition) is 0. The fourth-order valence-corrected chi connectivity index (χ4v) is 5.46. The maximum atomic E-state index is 12.7. The standard InChI is InChI=1S/C22H26N2O2S/c1-23(2)20(25)14-16-15-22(18-7-4-3-6-17(16)18)9-11-24(12-10-22)21(26)19-8-5-13-27-19/h3-8,13,16H,9-12,14-15H2,1-2H3/t16-/m1/s1. The van der Waals surface area contributed by atoms with Gasteiger partial charge in [-0.2, -0.15) is 0 Å². The summed E-state index contributed by atoms with van der Waals surface area (Å²) in [6, 6.07) is 12.5. The molecule has 0 saturated carbocycles. The summed E-state index contributed by atoms with van der Waals surface area (Å²) in [6.07, 6.45) is 3.55. The molecule has 0 bridgehead atoms. The number of nitrogens with zero attached hydrogens (tertiary/aromatic N) is 2. The largest absolute Gasteiger partial charge is 0.349 e. The second-order valence-electron chi connectivity index (χ2n) is 8.03. The van der Waals surface area contributed by atoms with Gasteiger partial charge in [-0.1, -0.05) is 30.3 Å². The van der Waals surface area contributed by atoms with Gasteiger partial charge in [-0.15, -0.1) is 11.3 Å². The third-order valence-corrected chi connectivity index (χ3v) is 7.13. The van der Waals surface area contributed by atoms with Gasteiger partial charge in [0.15, 0.2) is 0 Å². The lowest BCUT2D eigenvalue weighted by atomic mass is 9.73. The SMILES string of the molecule is CN(C)C(=O)C[C@@H]1CC2(CCN(C(=O)c3cccs3)CC2)c2ccccc21. The highest BCUT2D eigenvalue weighted by atomic mass is 32.1. The maximum absolute atomic E-state index is 12.7. The fraction of sp³-hybridized carbons (Fsp3) is 0.455. The van der Waals surface area contributed by atoms with E-state index in [2.05, 4.69) is 24.3 Å². The summed E-state index contributed by atoms with van der Waals surface area (Å²) in [5.41, 5.74) is 2.86. The Labute approximate surface area is 164 Å². The van der Waals surface area contributed by atoms with E-state index >= 15 is 0 Å². The maximum Gasteiger partial charge on any atom is 0.263 e. The van der Waals surface area contributed by atoms with Gasteiger partial charge < -0.3 is 9.80 Å². The van der Waals surface area contributed by atoms with Crippen molar-refractivity contribution in [2.45, 2.75) is 37.0 Å². The number of thiophene rings is 1. The number of benzene rings is 1. The highest BCUT2D eigenvalue weighted by Crippen LogP contribution is 2.52. The Kier molecular flexibility index (Phi) is 4.81. The monoisotopic (exact) mass is 382 g/mol. The molecular formula is C22H26N2O2S. The predicted molar refractivity (Wildman–Crippen MR) is 108 cm³/mol. The normalized spacial score (nSPS) is 20.5. The molecule has 0 unspecified atom stereocenters. The summed E-state index contributed by atoms with van der Waals surface area (Å²) in [4.78, 5) is 29.5. The molecule has 27 heavy (non-hydrogen) atoms. The molecule has 0 N–H and O–H groups in total. The van der Waals surface area contributed by atoms with Crippen molar-refractivity contribution in [3.05, 3.63) is 57.8 Å². The van der Waals surface area contributed by atoms with Crippen LogP contribution in [0.3, 0.4) is 0 Å². The van der Waals surface area contributed by atoms with Crippen LogP contribution in [0.25, 0.3) is 0 Å². The van der Waals surface area contributed by atoms with Crippen molar-refractivity contribution in [3.8, 4) is 0 Å². The van der Waals surface area contributed by atoms with Crippen LogP contribution < -0.4 is 0 Å². The Hall–Kier alpha value is -2.14. The molecule has 1 aromatic carbocycles. The first-order valence-corrected chi connectivity index (χ1v) is 10.5. The van der Waals surface area contributed by atoms with Crippen molar-refractivity contribution in [1.29, 1.82) is 0 Å². The number of carbonyl (C=O) groups is 2. The van der Waals surface area contributed by atoms with Crippen LogP contribution in [-0.2, 0) is 10.2 Å². The van der Waals surface area contributed by atoms with E-state index in [4.69, 9.17) is 0 Å². The van der Waals surface area contributed by atoms with Crippen LogP contribution >= 0.6 is 11.3 Å². The Morgan fingerprint density at radius 1 is 1.15 bits per heavy atom. The average Bonchev–Trinajstić information content (AvgIpc) is 3.30. The summed E-state index contributed by atoms with van der Waals surface area (Å²) in [5, 5.41) is 1.96. The molecular weight excluding hydrogens is 356 g/mol. The number of carbonyl (C=O) groups excluding carboxylic acids is 2. The lowest BCUT2D eigenvalue weighted by Crippen LogP contribution is -2.44. The van der Waals surface area contributed by atoms with Crippen LogP contribution in [0.4, 0.5) is 0 Å². The van der Waals surface area contributed by atoms with E-state index in [1.807, 2.05) is 36.5 Å². The van der Waals surface area contributed by atoms with Gasteiger partial charge in [0, 0.05) is 33.6 Å². The first kappa shape index (κ1) is 18.2. The average molecular weight is 383 g/mol. The minimum absolute atomic E-state index is 0.111. The van der Waals surface area contributed by atoms with Gasteiger partial charge in [-0.3, -0.25) is 9.59 Å². The molecule has 4 nitrogen and oxygen atoms in total. The molecule has 1 aliphatic heterocycles. The second-order valence-corrected chi connectivity index (χ2v) is 8.98. The minimum Gasteiger partial charge on any atom is -0.349 e. The predicted octanol–water partition coefficient (Wildman–Crippen LogP) is 3.89. The van der Waals surface area contributed by atoms with Crippen molar-refractivity contribution in [3.63, 3.8) is 0 Å². The van der Waals surface area contributed by atoms with E-state index in [9.17, 15) is 9.59 Å². The van der Waals surface area contributed by atoms with E-state index in [0.717, 1.165) is 37.2 Å². The van der Waals surface area contributed by atoms with Crippen LogP contribution in [0, 0.1) is 0 Å². The van der Waals surface area contributed by atoms with Gasteiger partial charge in [0.25, 0.3) is 5.91 Å². The third-order valence-electron chi connectivity index (χ3n) is 6.27. The summed E-state index contributed by atoms with van der Waals surface area (Å²) in [5.74, 6) is 0.637. The number of rotatable bonds is 3. The molecule has 1 fully saturated rings. The Balaban J connectivity index is 1.52. The van der Waals surface area contributed by atoms with Crippen LogP contribution in [0.5, 0.6) is 0 Å². The molecule has 1 aliphatic carbocycles. The summed E-state index contributed by atoms with van der Waals surface area (Å²) >= 11 is 1.51. The Morgan fingerprint density at radius 2 is 1.89 bits per heavy atom. The zero-order valence-electron chi connectivity index (χ0n) is 16.0. The van der Waals surface area contributed by atoms with Gasteiger partial charge in [-0.05, 0) is 53.2 Å². The smallest absolute Gasteiger partial charge is 0.263 e. The molecule has 2 heterocycles. The van der Waals surface area contributed by atoms with Crippen LogP contribution in [-0.4, -0.2) is 48.8 Å². The molecule has 2 amide bonds. The summed E-state index contributed by atoms with van der Waals surface area (Å²) < 4.78 is 0. The number of likely N-dealkylation sites (tertiary alicyclic amines) is 1. The van der Waals surface area contributed by atoms with Gasteiger partial charge in [-0.25, -0.2) is 0 Å².